The first-order chi connectivity index (χ1) is 12.1. The van der Waals surface area contributed by atoms with Gasteiger partial charge in [-0.15, -0.1) is 0 Å². The average Bonchev–Trinajstić information content (AvgIpc) is 2.65. The molecule has 6 nitrogen and oxygen atoms in total. The molecule has 0 aliphatic rings. The van der Waals surface area contributed by atoms with E-state index >= 15 is 0 Å². The summed E-state index contributed by atoms with van der Waals surface area (Å²) >= 11 is 0. The molecule has 0 atom stereocenters. The van der Waals surface area contributed by atoms with Crippen LogP contribution in [0.2, 0.25) is 0 Å². The lowest BCUT2D eigenvalue weighted by Crippen LogP contribution is -2.24. The second kappa shape index (κ2) is 9.17. The summed E-state index contributed by atoms with van der Waals surface area (Å²) in [6, 6.07) is 10.6. The number of esters is 1. The fourth-order valence-electron chi connectivity index (χ4n) is 1.92. The molecule has 1 aromatic heterocycles. The molecule has 0 radical (unpaired) electrons. The third-order valence-corrected chi connectivity index (χ3v) is 3.15. The lowest BCUT2D eigenvalue weighted by atomic mass is 10.2. The molecule has 0 aliphatic heterocycles. The second-order valence-electron chi connectivity index (χ2n) is 4.94. The summed E-state index contributed by atoms with van der Waals surface area (Å²) in [6.45, 7) is 0.388. The number of amides is 1. The first-order valence-electron chi connectivity index (χ1n) is 7.45. The number of methoxy groups -OCH3 is 1. The number of hydrogen-bond donors (Lipinski definition) is 1. The van der Waals surface area contributed by atoms with Crippen molar-refractivity contribution >= 4 is 18.1 Å². The Bertz CT molecular complexity index is 763. The zero-order valence-electron chi connectivity index (χ0n) is 13.6. The van der Waals surface area contributed by atoms with Gasteiger partial charge in [0.1, 0.15) is 12.2 Å². The van der Waals surface area contributed by atoms with Gasteiger partial charge in [-0.3, -0.25) is 0 Å². The lowest BCUT2D eigenvalue weighted by Gasteiger charge is -2.05. The van der Waals surface area contributed by atoms with Crippen LogP contribution in [-0.4, -0.2) is 30.7 Å². The molecule has 0 saturated carbocycles. The highest BCUT2D eigenvalue weighted by molar-refractivity contribution is 5.89. The van der Waals surface area contributed by atoms with Crippen LogP contribution < -0.4 is 5.32 Å². The molecule has 0 fully saturated rings. The van der Waals surface area contributed by atoms with Crippen LogP contribution in [0.3, 0.4) is 0 Å². The molecule has 130 valence electrons. The standard InChI is InChI=1S/C18H17FN2O4/c1-24-17(22)15-10-14(11-21-16(15)19)8-5-9-20-18(23)25-12-13-6-3-2-4-7-13/h2-8,10-11H,9,12H2,1H3,(H,20,23). The third-order valence-electron chi connectivity index (χ3n) is 3.15. The molecule has 0 saturated heterocycles. The van der Waals surface area contributed by atoms with Crippen LogP contribution in [0.15, 0.2) is 48.7 Å². The van der Waals surface area contributed by atoms with Crippen LogP contribution in [0.4, 0.5) is 9.18 Å². The lowest BCUT2D eigenvalue weighted by molar-refractivity contribution is 0.0594. The zero-order valence-corrected chi connectivity index (χ0v) is 13.6. The van der Waals surface area contributed by atoms with E-state index in [1.54, 1.807) is 12.2 Å². The maximum Gasteiger partial charge on any atom is 0.407 e. The van der Waals surface area contributed by atoms with Crippen molar-refractivity contribution in [1.82, 2.24) is 10.3 Å². The number of alkyl carbamates (subject to hydrolysis) is 1. The number of halogens is 1. The molecule has 2 aromatic rings. The minimum atomic E-state index is -0.897. The minimum absolute atomic E-state index is 0.181. The van der Waals surface area contributed by atoms with E-state index in [0.717, 1.165) is 12.7 Å². The molecule has 0 aliphatic carbocycles. The molecule has 0 spiro atoms. The summed E-state index contributed by atoms with van der Waals surface area (Å²) in [7, 11) is 1.16. The van der Waals surface area contributed by atoms with Gasteiger partial charge in [-0.05, 0) is 17.2 Å². The topological polar surface area (TPSA) is 77.5 Å². The Labute approximate surface area is 144 Å². The van der Waals surface area contributed by atoms with E-state index in [0.29, 0.717) is 5.56 Å². The van der Waals surface area contributed by atoms with Crippen LogP contribution in [-0.2, 0) is 16.1 Å². The molecule has 1 heterocycles. The third kappa shape index (κ3) is 5.72. The number of benzene rings is 1. The molecule has 1 N–H and O–H groups in total. The summed E-state index contributed by atoms with van der Waals surface area (Å²) in [5.41, 5.74) is 1.14. The van der Waals surface area contributed by atoms with Gasteiger partial charge in [-0.2, -0.15) is 4.39 Å². The molecular formula is C18H17FN2O4. The highest BCUT2D eigenvalue weighted by Gasteiger charge is 2.13. The predicted molar refractivity (Wildman–Crippen MR) is 89.2 cm³/mol. The van der Waals surface area contributed by atoms with Gasteiger partial charge >= 0.3 is 12.1 Å². The number of nitrogens with one attached hydrogen (secondary N) is 1. The van der Waals surface area contributed by atoms with Crippen molar-refractivity contribution < 1.29 is 23.5 Å². The van der Waals surface area contributed by atoms with Gasteiger partial charge in [0.15, 0.2) is 0 Å². The number of hydrogen-bond acceptors (Lipinski definition) is 5. The van der Waals surface area contributed by atoms with Crippen molar-refractivity contribution in [2.75, 3.05) is 13.7 Å². The summed E-state index contributed by atoms with van der Waals surface area (Å²) in [5.74, 6) is -1.70. The van der Waals surface area contributed by atoms with Gasteiger partial charge in [0, 0.05) is 12.7 Å². The van der Waals surface area contributed by atoms with Crippen LogP contribution in [0.1, 0.15) is 21.5 Å². The smallest absolute Gasteiger partial charge is 0.407 e. The van der Waals surface area contributed by atoms with Gasteiger partial charge in [-0.1, -0.05) is 42.5 Å². The van der Waals surface area contributed by atoms with Crippen LogP contribution in [0.25, 0.3) is 6.08 Å². The fourth-order valence-corrected chi connectivity index (χ4v) is 1.92. The van der Waals surface area contributed by atoms with Crippen molar-refractivity contribution in [3.05, 3.63) is 71.3 Å². The van der Waals surface area contributed by atoms with Crippen molar-refractivity contribution in [3.8, 4) is 0 Å². The summed E-state index contributed by atoms with van der Waals surface area (Å²) in [6.07, 6.45) is 3.93. The maximum atomic E-state index is 13.4. The molecule has 1 aromatic carbocycles. The van der Waals surface area contributed by atoms with Gasteiger partial charge in [0.05, 0.1) is 7.11 Å². The SMILES string of the molecule is COC(=O)c1cc(C=CCNC(=O)OCc2ccccc2)cnc1F. The van der Waals surface area contributed by atoms with Gasteiger partial charge in [-0.25, -0.2) is 14.6 Å². The van der Waals surface area contributed by atoms with E-state index in [-0.39, 0.29) is 18.7 Å². The Balaban J connectivity index is 1.81. The summed E-state index contributed by atoms with van der Waals surface area (Å²) in [4.78, 5) is 26.5. The van der Waals surface area contributed by atoms with Crippen molar-refractivity contribution in [2.45, 2.75) is 6.61 Å². The van der Waals surface area contributed by atoms with Crippen molar-refractivity contribution in [2.24, 2.45) is 0 Å². The minimum Gasteiger partial charge on any atom is -0.465 e. The van der Waals surface area contributed by atoms with E-state index in [9.17, 15) is 14.0 Å². The quantitative estimate of drug-likeness (QED) is 0.644. The van der Waals surface area contributed by atoms with Crippen molar-refractivity contribution in [1.29, 1.82) is 0 Å². The van der Waals surface area contributed by atoms with E-state index < -0.39 is 18.0 Å². The summed E-state index contributed by atoms with van der Waals surface area (Å²) < 4.78 is 22.9. The molecule has 7 heteroatoms. The van der Waals surface area contributed by atoms with Gasteiger partial charge in [0.2, 0.25) is 5.95 Å². The number of carbonyl (C=O) groups is 2. The van der Waals surface area contributed by atoms with Crippen LogP contribution in [0, 0.1) is 5.95 Å². The normalized spacial score (nSPS) is 10.5. The second-order valence-corrected chi connectivity index (χ2v) is 4.94. The Morgan fingerprint density at radius 2 is 2.04 bits per heavy atom. The van der Waals surface area contributed by atoms with E-state index in [2.05, 4.69) is 15.0 Å². The highest BCUT2D eigenvalue weighted by Crippen LogP contribution is 2.10. The Hall–Kier alpha value is -3.22. The monoisotopic (exact) mass is 344 g/mol. The van der Waals surface area contributed by atoms with Crippen molar-refractivity contribution in [3.63, 3.8) is 0 Å². The molecule has 0 unspecified atom stereocenters. The molecule has 0 bridgehead atoms. The van der Waals surface area contributed by atoms with Gasteiger partial charge < -0.3 is 14.8 Å². The van der Waals surface area contributed by atoms with Crippen LogP contribution in [0.5, 0.6) is 0 Å². The number of ether oxygens (including phenoxy) is 2. The first-order valence-corrected chi connectivity index (χ1v) is 7.45. The summed E-state index contributed by atoms with van der Waals surface area (Å²) in [5, 5.41) is 2.55. The van der Waals surface area contributed by atoms with E-state index in [1.165, 1.54) is 12.3 Å². The Morgan fingerprint density at radius 1 is 1.28 bits per heavy atom. The molecular weight excluding hydrogens is 327 g/mol. The van der Waals surface area contributed by atoms with Crippen LogP contribution >= 0.6 is 0 Å². The zero-order chi connectivity index (χ0) is 18.1. The predicted octanol–water partition coefficient (Wildman–Crippen LogP) is 2.95. The van der Waals surface area contributed by atoms with E-state index in [4.69, 9.17) is 4.74 Å². The number of aromatic nitrogens is 1. The first kappa shape index (κ1) is 18.1. The Kier molecular flexibility index (Phi) is 6.65. The highest BCUT2D eigenvalue weighted by atomic mass is 19.1. The van der Waals surface area contributed by atoms with E-state index in [1.807, 2.05) is 30.3 Å². The Morgan fingerprint density at radius 3 is 2.76 bits per heavy atom. The number of rotatable bonds is 6. The number of nitrogens with zero attached hydrogens (tertiary/aromatic N) is 1. The average molecular weight is 344 g/mol. The number of pyridine rings is 1. The molecule has 1 amide bonds. The fraction of sp³-hybridized carbons (Fsp3) is 0.167. The van der Waals surface area contributed by atoms with Gasteiger partial charge in [0.25, 0.3) is 0 Å². The maximum absolute atomic E-state index is 13.4. The molecule has 2 rings (SSSR count). The largest absolute Gasteiger partial charge is 0.465 e. The number of carbonyl (C=O) groups excluding carboxylic acids is 2. The molecule has 25 heavy (non-hydrogen) atoms.